The Hall–Kier alpha value is -1.94. The van der Waals surface area contributed by atoms with Gasteiger partial charge in [0.15, 0.2) is 0 Å². The van der Waals surface area contributed by atoms with E-state index < -0.39 is 22.2 Å². The molecular weight excluding hydrogens is 408 g/mol. The van der Waals surface area contributed by atoms with Gasteiger partial charge in [-0.05, 0) is 31.5 Å². The van der Waals surface area contributed by atoms with Gasteiger partial charge in [0, 0.05) is 32.7 Å². The number of benzene rings is 1. The molecule has 0 aromatic heterocycles. The zero-order valence-electron chi connectivity index (χ0n) is 18.2. The predicted molar refractivity (Wildman–Crippen MR) is 115 cm³/mol. The second-order valence-corrected chi connectivity index (χ2v) is 9.51. The molecule has 0 spiro atoms. The highest BCUT2D eigenvalue weighted by Crippen LogP contribution is 2.34. The van der Waals surface area contributed by atoms with Crippen molar-refractivity contribution in [3.8, 4) is 5.75 Å². The summed E-state index contributed by atoms with van der Waals surface area (Å²) in [5, 5.41) is 9.66. The number of nitrogens with zero attached hydrogens (tertiary/aromatic N) is 2. The van der Waals surface area contributed by atoms with Crippen molar-refractivity contribution < 1.29 is 27.8 Å². The Labute approximate surface area is 179 Å². The molecule has 1 aliphatic heterocycles. The highest BCUT2D eigenvalue weighted by molar-refractivity contribution is 7.89. The Morgan fingerprint density at radius 1 is 1.47 bits per heavy atom. The maximum absolute atomic E-state index is 13.4. The molecule has 3 atom stereocenters. The number of likely N-dealkylation sites (N-methyl/N-ethyl adjacent to an activating group) is 1. The Morgan fingerprint density at radius 2 is 2.17 bits per heavy atom. The van der Waals surface area contributed by atoms with Gasteiger partial charge in [-0.25, -0.2) is 8.42 Å². The highest BCUT2D eigenvalue weighted by Gasteiger charge is 2.38. The van der Waals surface area contributed by atoms with Crippen LogP contribution in [-0.4, -0.2) is 81.2 Å². The molecule has 1 N–H and O–H groups in total. The number of carbonyl (C=O) groups is 1. The fourth-order valence-electron chi connectivity index (χ4n) is 3.36. The molecule has 1 aliphatic rings. The monoisotopic (exact) mass is 440 g/mol. The molecule has 0 saturated carbocycles. The number of methoxy groups -OCH3 is 1. The number of hydrogen-bond donors (Lipinski definition) is 1. The zero-order chi connectivity index (χ0) is 22.5. The van der Waals surface area contributed by atoms with Gasteiger partial charge in [0.05, 0.1) is 13.2 Å². The third-order valence-corrected chi connectivity index (χ3v) is 7.22. The predicted octanol–water partition coefficient (Wildman–Crippen LogP) is 1.59. The summed E-state index contributed by atoms with van der Waals surface area (Å²) in [6.07, 6.45) is 3.27. The van der Waals surface area contributed by atoms with Crippen LogP contribution >= 0.6 is 0 Å². The number of ether oxygens (including phenoxy) is 2. The maximum atomic E-state index is 13.4. The SMILES string of the molecule is C/C=C/c1ccc2c(c1)O[C@H](CN(C)C(=O)COC)[C@@H](C)CN([C@H](C)CO)S2(=O)=O. The molecule has 8 nitrogen and oxygen atoms in total. The summed E-state index contributed by atoms with van der Waals surface area (Å²) in [5.74, 6) is -0.179. The van der Waals surface area contributed by atoms with E-state index in [0.29, 0.717) is 0 Å². The van der Waals surface area contributed by atoms with Crippen molar-refractivity contribution in [2.24, 2.45) is 5.92 Å². The average molecular weight is 441 g/mol. The smallest absolute Gasteiger partial charge is 0.248 e. The fraction of sp³-hybridized carbons (Fsp3) is 0.571. The molecule has 1 heterocycles. The molecule has 30 heavy (non-hydrogen) atoms. The van der Waals surface area contributed by atoms with Crippen molar-refractivity contribution in [2.45, 2.75) is 37.8 Å². The Bertz CT molecular complexity index is 870. The van der Waals surface area contributed by atoms with Crippen LogP contribution in [0.5, 0.6) is 5.75 Å². The van der Waals surface area contributed by atoms with Gasteiger partial charge in [-0.1, -0.05) is 25.1 Å². The summed E-state index contributed by atoms with van der Waals surface area (Å²) in [6, 6.07) is 4.35. The molecule has 1 aromatic carbocycles. The lowest BCUT2D eigenvalue weighted by atomic mass is 10.0. The first-order valence-electron chi connectivity index (χ1n) is 9.94. The summed E-state index contributed by atoms with van der Waals surface area (Å²) < 4.78 is 39.1. The van der Waals surface area contributed by atoms with Crippen molar-refractivity contribution in [3.05, 3.63) is 29.8 Å². The van der Waals surface area contributed by atoms with Gasteiger partial charge in [-0.3, -0.25) is 4.79 Å². The number of amides is 1. The first-order valence-corrected chi connectivity index (χ1v) is 11.4. The van der Waals surface area contributed by atoms with E-state index in [1.165, 1.54) is 22.4 Å². The third kappa shape index (κ3) is 5.40. The lowest BCUT2D eigenvalue weighted by Crippen LogP contribution is -2.50. The van der Waals surface area contributed by atoms with E-state index in [4.69, 9.17) is 9.47 Å². The third-order valence-electron chi connectivity index (χ3n) is 5.20. The average Bonchev–Trinajstić information content (AvgIpc) is 2.70. The Balaban J connectivity index is 2.52. The van der Waals surface area contributed by atoms with Crippen LogP contribution in [0.25, 0.3) is 6.08 Å². The number of aliphatic hydroxyl groups excluding tert-OH is 1. The number of fused-ring (bicyclic) bond motifs is 1. The molecule has 168 valence electrons. The van der Waals surface area contributed by atoms with Crippen LogP contribution in [0.3, 0.4) is 0 Å². The largest absolute Gasteiger partial charge is 0.487 e. The normalized spacial score (nSPS) is 22.6. The second kappa shape index (κ2) is 10.4. The first-order chi connectivity index (χ1) is 14.1. The van der Waals surface area contributed by atoms with Crippen molar-refractivity contribution in [2.75, 3.05) is 40.5 Å². The molecule has 0 aliphatic carbocycles. The topological polar surface area (TPSA) is 96.4 Å². The minimum atomic E-state index is -3.87. The van der Waals surface area contributed by atoms with Crippen LogP contribution in [0.1, 0.15) is 26.3 Å². The minimum absolute atomic E-state index is 0.0400. The van der Waals surface area contributed by atoms with E-state index in [1.807, 2.05) is 26.0 Å². The fourth-order valence-corrected chi connectivity index (χ4v) is 5.19. The van der Waals surface area contributed by atoms with Crippen molar-refractivity contribution in [1.29, 1.82) is 0 Å². The van der Waals surface area contributed by atoms with E-state index in [2.05, 4.69) is 0 Å². The second-order valence-electron chi connectivity index (χ2n) is 7.65. The molecule has 2 rings (SSSR count). The molecule has 0 bridgehead atoms. The van der Waals surface area contributed by atoms with Crippen LogP contribution in [0, 0.1) is 5.92 Å². The van der Waals surface area contributed by atoms with Crippen LogP contribution in [0.2, 0.25) is 0 Å². The Kier molecular flexibility index (Phi) is 8.42. The number of carbonyl (C=O) groups excluding carboxylic acids is 1. The summed E-state index contributed by atoms with van der Waals surface area (Å²) in [7, 11) is -0.750. The zero-order valence-corrected chi connectivity index (χ0v) is 19.1. The number of aliphatic hydroxyl groups is 1. The lowest BCUT2D eigenvalue weighted by Gasteiger charge is -2.37. The molecular formula is C21H32N2O6S. The lowest BCUT2D eigenvalue weighted by molar-refractivity contribution is -0.135. The van der Waals surface area contributed by atoms with Gasteiger partial charge >= 0.3 is 0 Å². The number of allylic oxidation sites excluding steroid dienone is 1. The molecule has 1 aromatic rings. The molecule has 0 fully saturated rings. The maximum Gasteiger partial charge on any atom is 0.248 e. The van der Waals surface area contributed by atoms with Gasteiger partial charge in [-0.2, -0.15) is 4.31 Å². The van der Waals surface area contributed by atoms with Crippen LogP contribution in [-0.2, 0) is 19.6 Å². The summed E-state index contributed by atoms with van der Waals surface area (Å²) in [6.45, 7) is 5.53. The molecule has 0 saturated heterocycles. The highest BCUT2D eigenvalue weighted by atomic mass is 32.2. The summed E-state index contributed by atoms with van der Waals surface area (Å²) in [5.41, 5.74) is 0.809. The van der Waals surface area contributed by atoms with E-state index in [9.17, 15) is 18.3 Å². The van der Waals surface area contributed by atoms with Gasteiger partial charge in [0.1, 0.15) is 23.4 Å². The van der Waals surface area contributed by atoms with Crippen LogP contribution < -0.4 is 4.74 Å². The quantitative estimate of drug-likeness (QED) is 0.692. The van der Waals surface area contributed by atoms with E-state index in [-0.39, 0.29) is 48.8 Å². The van der Waals surface area contributed by atoms with Gasteiger partial charge < -0.3 is 19.5 Å². The molecule has 0 unspecified atom stereocenters. The van der Waals surface area contributed by atoms with Gasteiger partial charge in [0.2, 0.25) is 15.9 Å². The van der Waals surface area contributed by atoms with Crippen molar-refractivity contribution in [1.82, 2.24) is 9.21 Å². The molecule has 1 amide bonds. The molecule has 0 radical (unpaired) electrons. The molecule has 9 heteroatoms. The number of sulfonamides is 1. The summed E-state index contributed by atoms with van der Waals surface area (Å²) >= 11 is 0. The Morgan fingerprint density at radius 3 is 2.77 bits per heavy atom. The van der Waals surface area contributed by atoms with E-state index >= 15 is 0 Å². The van der Waals surface area contributed by atoms with Crippen LogP contribution in [0.4, 0.5) is 0 Å². The minimum Gasteiger partial charge on any atom is -0.487 e. The number of hydrogen-bond acceptors (Lipinski definition) is 6. The summed E-state index contributed by atoms with van der Waals surface area (Å²) in [4.78, 5) is 13.8. The van der Waals surface area contributed by atoms with Crippen molar-refractivity contribution >= 4 is 22.0 Å². The van der Waals surface area contributed by atoms with E-state index in [0.717, 1.165) is 5.56 Å². The van der Waals surface area contributed by atoms with E-state index in [1.54, 1.807) is 26.1 Å². The van der Waals surface area contributed by atoms with Gasteiger partial charge in [-0.15, -0.1) is 0 Å². The number of rotatable bonds is 7. The van der Waals surface area contributed by atoms with Gasteiger partial charge in [0.25, 0.3) is 0 Å². The first kappa shape index (κ1) is 24.3. The standard InChI is InChI=1S/C21H32N2O6S/c1-6-7-17-8-9-20-18(10-17)29-19(12-22(4)21(25)14-28-5)15(2)11-23(16(3)13-24)30(20,26)27/h6-10,15-16,19,24H,11-14H2,1-5H3/b7-6+/t15-,16+,19+/m0/s1. The van der Waals surface area contributed by atoms with Crippen molar-refractivity contribution in [3.63, 3.8) is 0 Å². The van der Waals surface area contributed by atoms with Crippen LogP contribution in [0.15, 0.2) is 29.2 Å².